The van der Waals surface area contributed by atoms with Crippen molar-refractivity contribution in [3.63, 3.8) is 0 Å². The summed E-state index contributed by atoms with van der Waals surface area (Å²) in [4.78, 5) is 26.6. The van der Waals surface area contributed by atoms with Gasteiger partial charge in [-0.25, -0.2) is 0 Å². The minimum atomic E-state index is -0.732. The van der Waals surface area contributed by atoms with Gasteiger partial charge in [0, 0.05) is 11.1 Å². The molecular formula is C35H35N3O4. The van der Waals surface area contributed by atoms with Crippen molar-refractivity contribution in [2.24, 2.45) is 11.7 Å². The number of rotatable bonds is 12. The summed E-state index contributed by atoms with van der Waals surface area (Å²) in [6.07, 6.45) is 3.97. The molecule has 4 rings (SSSR count). The lowest BCUT2D eigenvalue weighted by atomic mass is 9.90. The number of nitrogens with one attached hydrogen (secondary N) is 2. The van der Waals surface area contributed by atoms with Crippen LogP contribution in [0.15, 0.2) is 109 Å². The molecule has 7 heteroatoms. The number of hydrogen-bond acceptors (Lipinski definition) is 5. The molecule has 0 bridgehead atoms. The second-order valence-electron chi connectivity index (χ2n) is 9.75. The van der Waals surface area contributed by atoms with Crippen molar-refractivity contribution in [1.29, 1.82) is 5.41 Å². The fourth-order valence-corrected chi connectivity index (χ4v) is 4.65. The summed E-state index contributed by atoms with van der Waals surface area (Å²) in [5, 5.41) is 10.8. The third kappa shape index (κ3) is 7.95. The normalized spacial score (nSPS) is 12.3. The Morgan fingerprint density at radius 1 is 0.881 bits per heavy atom. The van der Waals surface area contributed by atoms with E-state index in [4.69, 9.17) is 20.6 Å². The van der Waals surface area contributed by atoms with E-state index in [1.54, 1.807) is 30.3 Å². The van der Waals surface area contributed by atoms with Crippen LogP contribution in [-0.2, 0) is 16.0 Å². The van der Waals surface area contributed by atoms with Gasteiger partial charge in [-0.05, 0) is 65.9 Å². The zero-order valence-electron chi connectivity index (χ0n) is 23.7. The molecule has 0 spiro atoms. The Balaban J connectivity index is 1.60. The standard InChI is InChI=1S/C35H35N3O4/c1-3-42-30-19-17-27(18-20-30)26-13-15-28(16-14-26)34(39)38-32(21-12-24-8-5-4-6-9-24)31(35(40)41-2)23-25-10-7-11-29(22-25)33(36)37/h4-22,31-32H,3,23H2,1-2H3,(H3,36,37)(H,38,39)/b21-12+/t31-,32-/m0/s1. The van der Waals surface area contributed by atoms with E-state index >= 15 is 0 Å². The lowest BCUT2D eigenvalue weighted by molar-refractivity contribution is -0.145. The molecule has 42 heavy (non-hydrogen) atoms. The number of esters is 1. The molecule has 0 aliphatic carbocycles. The molecule has 4 N–H and O–H groups in total. The van der Waals surface area contributed by atoms with Crippen molar-refractivity contribution >= 4 is 23.8 Å². The highest BCUT2D eigenvalue weighted by molar-refractivity contribution is 5.96. The minimum absolute atomic E-state index is 0.0611. The van der Waals surface area contributed by atoms with E-state index in [2.05, 4.69) is 5.32 Å². The van der Waals surface area contributed by atoms with E-state index in [0.717, 1.165) is 28.0 Å². The number of carbonyl (C=O) groups is 2. The van der Waals surface area contributed by atoms with Gasteiger partial charge in [0.2, 0.25) is 0 Å². The number of carbonyl (C=O) groups excluding carboxylic acids is 2. The number of nitrogens with two attached hydrogens (primary N) is 1. The third-order valence-electron chi connectivity index (χ3n) is 6.87. The summed E-state index contributed by atoms with van der Waals surface area (Å²) >= 11 is 0. The Morgan fingerprint density at radius 3 is 2.17 bits per heavy atom. The third-order valence-corrected chi connectivity index (χ3v) is 6.87. The highest BCUT2D eigenvalue weighted by Crippen LogP contribution is 2.24. The highest BCUT2D eigenvalue weighted by atomic mass is 16.5. The van der Waals surface area contributed by atoms with Crippen molar-refractivity contribution in [3.05, 3.63) is 131 Å². The van der Waals surface area contributed by atoms with Crippen molar-refractivity contribution in [3.8, 4) is 16.9 Å². The van der Waals surface area contributed by atoms with Crippen molar-refractivity contribution in [2.75, 3.05) is 13.7 Å². The van der Waals surface area contributed by atoms with E-state index in [-0.39, 0.29) is 18.2 Å². The van der Waals surface area contributed by atoms with Gasteiger partial charge in [-0.1, -0.05) is 84.9 Å². The maximum Gasteiger partial charge on any atom is 0.311 e. The minimum Gasteiger partial charge on any atom is -0.494 e. The summed E-state index contributed by atoms with van der Waals surface area (Å²) in [5.74, 6) is -0.766. The van der Waals surface area contributed by atoms with Gasteiger partial charge in [-0.2, -0.15) is 0 Å². The Labute approximate surface area is 246 Å². The quantitative estimate of drug-likeness (QED) is 0.114. The molecule has 0 aliphatic heterocycles. The summed E-state index contributed by atoms with van der Waals surface area (Å²) in [7, 11) is 1.33. The highest BCUT2D eigenvalue weighted by Gasteiger charge is 2.30. The van der Waals surface area contributed by atoms with Crippen LogP contribution in [-0.4, -0.2) is 37.5 Å². The average molecular weight is 562 g/mol. The van der Waals surface area contributed by atoms with E-state index in [1.807, 2.05) is 91.9 Å². The Kier molecular flexibility index (Phi) is 10.3. The van der Waals surface area contributed by atoms with Crippen molar-refractivity contribution < 1.29 is 19.1 Å². The molecule has 0 saturated carbocycles. The summed E-state index contributed by atoms with van der Waals surface area (Å²) in [6.45, 7) is 2.55. The topological polar surface area (TPSA) is 115 Å². The average Bonchev–Trinajstić information content (AvgIpc) is 3.03. The predicted molar refractivity (Wildman–Crippen MR) is 166 cm³/mol. The molecular weight excluding hydrogens is 526 g/mol. The molecule has 214 valence electrons. The van der Waals surface area contributed by atoms with Crippen molar-refractivity contribution in [1.82, 2.24) is 5.32 Å². The Bertz CT molecular complexity index is 1530. The second-order valence-corrected chi connectivity index (χ2v) is 9.75. The Morgan fingerprint density at radius 2 is 1.55 bits per heavy atom. The first-order valence-electron chi connectivity index (χ1n) is 13.8. The van der Waals surface area contributed by atoms with E-state index in [1.165, 1.54) is 7.11 Å². The van der Waals surface area contributed by atoms with Crippen LogP contribution in [0, 0.1) is 11.3 Å². The molecule has 4 aromatic rings. The smallest absolute Gasteiger partial charge is 0.311 e. The lowest BCUT2D eigenvalue weighted by Gasteiger charge is -2.24. The number of ether oxygens (including phenoxy) is 2. The molecule has 4 aromatic carbocycles. The van der Waals surface area contributed by atoms with Crippen LogP contribution in [0.25, 0.3) is 17.2 Å². The first-order chi connectivity index (χ1) is 20.4. The van der Waals surface area contributed by atoms with Crippen LogP contribution in [0.4, 0.5) is 0 Å². The monoisotopic (exact) mass is 561 g/mol. The molecule has 0 unspecified atom stereocenters. The van der Waals surface area contributed by atoms with Crippen LogP contribution in [0.5, 0.6) is 5.75 Å². The molecule has 0 aliphatic rings. The van der Waals surface area contributed by atoms with Gasteiger partial charge in [0.05, 0.1) is 25.7 Å². The van der Waals surface area contributed by atoms with Gasteiger partial charge in [0.1, 0.15) is 11.6 Å². The largest absolute Gasteiger partial charge is 0.494 e. The Hall–Kier alpha value is -5.17. The maximum absolute atomic E-state index is 13.5. The summed E-state index contributed by atoms with van der Waals surface area (Å²) in [5.41, 5.74) is 10.4. The lowest BCUT2D eigenvalue weighted by Crippen LogP contribution is -2.43. The van der Waals surface area contributed by atoms with Gasteiger partial charge in [-0.3, -0.25) is 15.0 Å². The second kappa shape index (κ2) is 14.5. The van der Waals surface area contributed by atoms with Crippen LogP contribution >= 0.6 is 0 Å². The SMILES string of the molecule is CCOc1ccc(-c2ccc(C(=O)N[C@@H](/C=C/c3ccccc3)[C@H](Cc3cccc(C(=N)N)c3)C(=O)OC)cc2)cc1. The van der Waals surface area contributed by atoms with Crippen LogP contribution in [0.2, 0.25) is 0 Å². The number of nitrogen functional groups attached to an aromatic ring is 1. The fourth-order valence-electron chi connectivity index (χ4n) is 4.65. The maximum atomic E-state index is 13.5. The summed E-state index contributed by atoms with van der Waals surface area (Å²) in [6, 6.07) is 31.3. The van der Waals surface area contributed by atoms with Crippen LogP contribution in [0.3, 0.4) is 0 Å². The number of amidine groups is 1. The first kappa shape index (κ1) is 29.8. The molecule has 0 saturated heterocycles. The summed E-state index contributed by atoms with van der Waals surface area (Å²) < 4.78 is 10.7. The van der Waals surface area contributed by atoms with Gasteiger partial charge >= 0.3 is 5.97 Å². The molecule has 0 aromatic heterocycles. The van der Waals surface area contributed by atoms with Gasteiger partial charge in [0.15, 0.2) is 0 Å². The van der Waals surface area contributed by atoms with E-state index < -0.39 is 17.9 Å². The zero-order valence-corrected chi connectivity index (χ0v) is 23.7. The first-order valence-corrected chi connectivity index (χ1v) is 13.8. The van der Waals surface area contributed by atoms with Gasteiger partial charge in [0.25, 0.3) is 5.91 Å². The fraction of sp³-hybridized carbons (Fsp3) is 0.171. The van der Waals surface area contributed by atoms with Gasteiger partial charge < -0.3 is 20.5 Å². The van der Waals surface area contributed by atoms with E-state index in [0.29, 0.717) is 17.7 Å². The molecule has 0 heterocycles. The van der Waals surface area contributed by atoms with Crippen LogP contribution in [0.1, 0.15) is 34.0 Å². The number of benzene rings is 4. The molecule has 0 fully saturated rings. The number of methoxy groups -OCH3 is 1. The molecule has 0 radical (unpaired) electrons. The molecule has 1 amide bonds. The zero-order chi connectivity index (χ0) is 29.9. The number of amides is 1. The van der Waals surface area contributed by atoms with Gasteiger partial charge in [-0.15, -0.1) is 0 Å². The number of hydrogen-bond donors (Lipinski definition) is 3. The van der Waals surface area contributed by atoms with Crippen LogP contribution < -0.4 is 15.8 Å². The van der Waals surface area contributed by atoms with E-state index in [9.17, 15) is 9.59 Å². The molecule has 2 atom stereocenters. The molecule has 7 nitrogen and oxygen atoms in total. The predicted octanol–water partition coefficient (Wildman–Crippen LogP) is 5.88. The van der Waals surface area contributed by atoms with Crippen molar-refractivity contribution in [2.45, 2.75) is 19.4 Å².